The molecular weight excluding hydrogens is 328 g/mol. The molecule has 132 valence electrons. The first-order chi connectivity index (χ1) is 12.0. The number of aliphatic hydroxyl groups is 1. The van der Waals surface area contributed by atoms with E-state index >= 15 is 0 Å². The zero-order chi connectivity index (χ0) is 17.8. The first kappa shape index (κ1) is 17.0. The summed E-state index contributed by atoms with van der Waals surface area (Å²) in [7, 11) is 0. The molecule has 2 amide bonds. The number of amides is 2. The highest BCUT2D eigenvalue weighted by atomic mass is 16.6. The van der Waals surface area contributed by atoms with Crippen molar-refractivity contribution in [2.24, 2.45) is 5.92 Å². The maximum Gasteiger partial charge on any atom is 0.275 e. The standard InChI is InChI=1S/C15H18N6O4/c1-9-14(20-25-19-9)15(24)18-6-13(23)21-7-10(12(22)8-21)4-11-5-16-2-3-17-11/h2-3,5,10,12,22H,4,6-8H2,1H3,(H,18,24)/t10-,12-/m1/s1. The molecule has 2 aromatic rings. The van der Waals surface area contributed by atoms with Gasteiger partial charge in [-0.3, -0.25) is 19.6 Å². The highest BCUT2D eigenvalue weighted by molar-refractivity contribution is 5.95. The second kappa shape index (κ2) is 7.34. The highest BCUT2D eigenvalue weighted by Crippen LogP contribution is 2.20. The Hall–Kier alpha value is -2.88. The number of aryl methyl sites for hydroxylation is 1. The molecule has 0 saturated carbocycles. The Morgan fingerprint density at radius 3 is 2.88 bits per heavy atom. The van der Waals surface area contributed by atoms with Crippen LogP contribution < -0.4 is 5.32 Å². The minimum absolute atomic E-state index is 0.0507. The molecule has 10 nitrogen and oxygen atoms in total. The van der Waals surface area contributed by atoms with E-state index in [0.717, 1.165) is 5.69 Å². The van der Waals surface area contributed by atoms with Crippen LogP contribution in [0, 0.1) is 12.8 Å². The minimum Gasteiger partial charge on any atom is -0.391 e. The number of carbonyl (C=O) groups is 2. The zero-order valence-corrected chi connectivity index (χ0v) is 13.6. The van der Waals surface area contributed by atoms with E-state index in [4.69, 9.17) is 0 Å². The average molecular weight is 346 g/mol. The Balaban J connectivity index is 1.51. The van der Waals surface area contributed by atoms with E-state index in [2.05, 4.69) is 30.2 Å². The van der Waals surface area contributed by atoms with Gasteiger partial charge in [0.05, 0.1) is 18.3 Å². The molecular formula is C15H18N6O4. The van der Waals surface area contributed by atoms with Crippen LogP contribution in [0.15, 0.2) is 23.2 Å². The molecule has 0 radical (unpaired) electrons. The number of hydrogen-bond acceptors (Lipinski definition) is 8. The van der Waals surface area contributed by atoms with Crippen LogP contribution in [0.5, 0.6) is 0 Å². The number of likely N-dealkylation sites (tertiary alicyclic amines) is 1. The van der Waals surface area contributed by atoms with Crippen molar-refractivity contribution in [2.75, 3.05) is 19.6 Å². The first-order valence-corrected chi connectivity index (χ1v) is 7.82. The van der Waals surface area contributed by atoms with Gasteiger partial charge in [0.15, 0.2) is 5.69 Å². The fourth-order valence-electron chi connectivity index (χ4n) is 2.75. The molecule has 2 aromatic heterocycles. The smallest absolute Gasteiger partial charge is 0.275 e. The largest absolute Gasteiger partial charge is 0.391 e. The summed E-state index contributed by atoms with van der Waals surface area (Å²) in [5.74, 6) is -0.913. The Kier molecular flexibility index (Phi) is 4.98. The molecule has 0 aromatic carbocycles. The van der Waals surface area contributed by atoms with E-state index < -0.39 is 12.0 Å². The van der Waals surface area contributed by atoms with Gasteiger partial charge >= 0.3 is 0 Å². The van der Waals surface area contributed by atoms with Crippen molar-refractivity contribution in [3.05, 3.63) is 35.7 Å². The fourth-order valence-corrected chi connectivity index (χ4v) is 2.75. The fraction of sp³-hybridized carbons (Fsp3) is 0.467. The van der Waals surface area contributed by atoms with Gasteiger partial charge in [0, 0.05) is 37.6 Å². The summed E-state index contributed by atoms with van der Waals surface area (Å²) >= 11 is 0. The van der Waals surface area contributed by atoms with Crippen LogP contribution in [0.25, 0.3) is 0 Å². The van der Waals surface area contributed by atoms with Gasteiger partial charge in [0.2, 0.25) is 5.91 Å². The van der Waals surface area contributed by atoms with Crippen LogP contribution in [-0.2, 0) is 11.2 Å². The molecule has 1 aliphatic rings. The van der Waals surface area contributed by atoms with E-state index in [9.17, 15) is 14.7 Å². The van der Waals surface area contributed by atoms with Gasteiger partial charge in [-0.2, -0.15) is 0 Å². The van der Waals surface area contributed by atoms with E-state index in [1.165, 1.54) is 4.90 Å². The van der Waals surface area contributed by atoms with Crippen molar-refractivity contribution in [2.45, 2.75) is 19.4 Å². The summed E-state index contributed by atoms with van der Waals surface area (Å²) in [5, 5.41) is 19.7. The zero-order valence-electron chi connectivity index (χ0n) is 13.6. The Bertz CT molecular complexity index is 749. The predicted molar refractivity (Wildman–Crippen MR) is 83.2 cm³/mol. The first-order valence-electron chi connectivity index (χ1n) is 7.82. The van der Waals surface area contributed by atoms with E-state index in [-0.39, 0.29) is 30.6 Å². The molecule has 1 aliphatic heterocycles. The topological polar surface area (TPSA) is 134 Å². The molecule has 0 unspecified atom stereocenters. The monoisotopic (exact) mass is 346 g/mol. The van der Waals surface area contributed by atoms with Crippen molar-refractivity contribution >= 4 is 11.8 Å². The molecule has 25 heavy (non-hydrogen) atoms. The summed E-state index contributed by atoms with van der Waals surface area (Å²) in [6.07, 6.45) is 4.72. The van der Waals surface area contributed by atoms with Gasteiger partial charge in [-0.25, -0.2) is 4.63 Å². The molecule has 10 heteroatoms. The van der Waals surface area contributed by atoms with Crippen LogP contribution in [0.4, 0.5) is 0 Å². The van der Waals surface area contributed by atoms with Gasteiger partial charge in [-0.1, -0.05) is 5.16 Å². The van der Waals surface area contributed by atoms with Crippen molar-refractivity contribution in [3.63, 3.8) is 0 Å². The molecule has 1 fully saturated rings. The molecule has 2 atom stereocenters. The second-order valence-corrected chi connectivity index (χ2v) is 5.91. The van der Waals surface area contributed by atoms with Crippen LogP contribution >= 0.6 is 0 Å². The molecule has 1 saturated heterocycles. The number of rotatable bonds is 5. The predicted octanol–water partition coefficient (Wildman–Crippen LogP) is -1.04. The molecule has 0 spiro atoms. The van der Waals surface area contributed by atoms with Gasteiger partial charge in [-0.05, 0) is 18.5 Å². The third kappa shape index (κ3) is 3.97. The number of carbonyl (C=O) groups excluding carboxylic acids is 2. The van der Waals surface area contributed by atoms with Crippen LogP contribution in [-0.4, -0.2) is 67.8 Å². The van der Waals surface area contributed by atoms with E-state index in [1.54, 1.807) is 25.5 Å². The summed E-state index contributed by atoms with van der Waals surface area (Å²) in [6.45, 7) is 2.03. The summed E-state index contributed by atoms with van der Waals surface area (Å²) in [5.41, 5.74) is 1.17. The lowest BCUT2D eigenvalue weighted by Crippen LogP contribution is -2.39. The highest BCUT2D eigenvalue weighted by Gasteiger charge is 2.34. The Labute approximate surface area is 143 Å². The lowest BCUT2D eigenvalue weighted by atomic mass is 10.0. The SMILES string of the molecule is Cc1nonc1C(=O)NCC(=O)N1C[C@@H](Cc2cnccn2)[C@H](O)C1. The maximum absolute atomic E-state index is 12.3. The molecule has 0 bridgehead atoms. The molecule has 0 aliphatic carbocycles. The molecule has 2 N–H and O–H groups in total. The molecule has 3 rings (SSSR count). The van der Waals surface area contributed by atoms with E-state index in [1.807, 2.05) is 0 Å². The second-order valence-electron chi connectivity index (χ2n) is 5.91. The van der Waals surface area contributed by atoms with Crippen LogP contribution in [0.1, 0.15) is 21.9 Å². The third-order valence-corrected chi connectivity index (χ3v) is 4.11. The van der Waals surface area contributed by atoms with Crippen molar-refractivity contribution in [1.29, 1.82) is 0 Å². The van der Waals surface area contributed by atoms with Gasteiger partial charge in [-0.15, -0.1) is 0 Å². The minimum atomic E-state index is -0.636. The van der Waals surface area contributed by atoms with Gasteiger partial charge < -0.3 is 15.3 Å². The van der Waals surface area contributed by atoms with Crippen molar-refractivity contribution in [3.8, 4) is 0 Å². The number of nitrogens with zero attached hydrogens (tertiary/aromatic N) is 5. The number of hydrogen-bond donors (Lipinski definition) is 2. The number of aliphatic hydroxyl groups excluding tert-OH is 1. The normalized spacial score (nSPS) is 19.8. The van der Waals surface area contributed by atoms with Crippen LogP contribution in [0.3, 0.4) is 0 Å². The van der Waals surface area contributed by atoms with Gasteiger partial charge in [0.25, 0.3) is 5.91 Å². The third-order valence-electron chi connectivity index (χ3n) is 4.11. The lowest BCUT2D eigenvalue weighted by molar-refractivity contribution is -0.129. The van der Waals surface area contributed by atoms with Crippen molar-refractivity contribution < 1.29 is 19.3 Å². The average Bonchev–Trinajstić information content (AvgIpc) is 3.19. The van der Waals surface area contributed by atoms with Crippen molar-refractivity contribution in [1.82, 2.24) is 30.5 Å². The van der Waals surface area contributed by atoms with Crippen LogP contribution in [0.2, 0.25) is 0 Å². The quantitative estimate of drug-likeness (QED) is 0.701. The molecule has 3 heterocycles. The Morgan fingerprint density at radius 1 is 1.36 bits per heavy atom. The maximum atomic E-state index is 12.3. The summed E-state index contributed by atoms with van der Waals surface area (Å²) < 4.78 is 4.46. The summed E-state index contributed by atoms with van der Waals surface area (Å²) in [6, 6.07) is 0. The van der Waals surface area contributed by atoms with Gasteiger partial charge in [0.1, 0.15) is 5.69 Å². The summed E-state index contributed by atoms with van der Waals surface area (Å²) in [4.78, 5) is 33.9. The number of aromatic nitrogens is 4. The van der Waals surface area contributed by atoms with E-state index in [0.29, 0.717) is 18.7 Å². The Morgan fingerprint density at radius 2 is 2.20 bits per heavy atom. The lowest BCUT2D eigenvalue weighted by Gasteiger charge is -2.16. The number of nitrogens with one attached hydrogen (secondary N) is 1. The number of β-amino-alcohol motifs (C(OH)–C–C–N with tert-alkyl or cyclic N) is 1.